The highest BCUT2D eigenvalue weighted by Crippen LogP contribution is 2.31. The Morgan fingerprint density at radius 1 is 1.11 bits per heavy atom. The lowest BCUT2D eigenvalue weighted by Gasteiger charge is -2.21. The molecule has 0 bridgehead atoms. The number of fused-ring (bicyclic) bond motifs is 1. The quantitative estimate of drug-likeness (QED) is 0.685. The third-order valence-corrected chi connectivity index (χ3v) is 4.21. The lowest BCUT2D eigenvalue weighted by molar-refractivity contribution is -0.131. The van der Waals surface area contributed by atoms with Gasteiger partial charge in [-0.1, -0.05) is 36.4 Å². The molecule has 0 saturated heterocycles. The molecule has 1 aliphatic rings. The van der Waals surface area contributed by atoms with Crippen LogP contribution in [0.3, 0.4) is 0 Å². The van der Waals surface area contributed by atoms with Crippen molar-refractivity contribution in [2.75, 3.05) is 20.3 Å². The average molecular weight is 365 g/mol. The van der Waals surface area contributed by atoms with E-state index in [4.69, 9.17) is 9.47 Å². The van der Waals surface area contributed by atoms with Crippen molar-refractivity contribution in [3.8, 4) is 22.9 Å². The van der Waals surface area contributed by atoms with Gasteiger partial charge in [0.05, 0.1) is 0 Å². The van der Waals surface area contributed by atoms with E-state index in [1.165, 1.54) is 4.80 Å². The zero-order valence-corrected chi connectivity index (χ0v) is 14.9. The number of carbonyl (C=O) groups excluding carboxylic acids is 1. The Hall–Kier alpha value is -3.42. The standard InChI is InChI=1S/C19H19N5O3/c1-23(12-14-7-8-16-17(11-14)27-10-9-26-16)18(25)13-24-21-19(20-22-24)15-5-3-2-4-6-15/h2-8,11H,9-10,12-13H2,1H3. The van der Waals surface area contributed by atoms with Crippen molar-refractivity contribution in [3.05, 3.63) is 54.1 Å². The van der Waals surface area contributed by atoms with Gasteiger partial charge >= 0.3 is 0 Å². The van der Waals surface area contributed by atoms with Gasteiger partial charge in [0, 0.05) is 19.2 Å². The molecule has 2 aromatic carbocycles. The Bertz CT molecular complexity index is 942. The van der Waals surface area contributed by atoms with Crippen molar-refractivity contribution in [3.63, 3.8) is 0 Å². The van der Waals surface area contributed by atoms with Gasteiger partial charge in [-0.05, 0) is 22.9 Å². The molecule has 0 radical (unpaired) electrons. The Morgan fingerprint density at radius 3 is 2.70 bits per heavy atom. The maximum atomic E-state index is 12.5. The number of aromatic nitrogens is 4. The molecular weight excluding hydrogens is 346 g/mol. The van der Waals surface area contributed by atoms with Crippen LogP contribution in [0.5, 0.6) is 11.5 Å². The van der Waals surface area contributed by atoms with Gasteiger partial charge in [-0.3, -0.25) is 4.79 Å². The van der Waals surface area contributed by atoms with E-state index in [0.717, 1.165) is 16.9 Å². The van der Waals surface area contributed by atoms with Crippen LogP contribution in [0.1, 0.15) is 5.56 Å². The van der Waals surface area contributed by atoms with Crippen LogP contribution in [0.25, 0.3) is 11.4 Å². The smallest absolute Gasteiger partial charge is 0.246 e. The zero-order valence-electron chi connectivity index (χ0n) is 14.9. The van der Waals surface area contributed by atoms with Gasteiger partial charge in [-0.25, -0.2) is 0 Å². The van der Waals surface area contributed by atoms with Gasteiger partial charge in [0.15, 0.2) is 11.5 Å². The second-order valence-corrected chi connectivity index (χ2v) is 6.24. The SMILES string of the molecule is CN(Cc1ccc2c(c1)OCCO2)C(=O)Cn1nnc(-c2ccccc2)n1. The van der Waals surface area contributed by atoms with E-state index in [1.807, 2.05) is 48.5 Å². The summed E-state index contributed by atoms with van der Waals surface area (Å²) < 4.78 is 11.1. The molecule has 0 aliphatic carbocycles. The lowest BCUT2D eigenvalue weighted by atomic mass is 10.2. The van der Waals surface area contributed by atoms with Crippen LogP contribution in [-0.2, 0) is 17.9 Å². The van der Waals surface area contributed by atoms with Crippen LogP contribution < -0.4 is 9.47 Å². The van der Waals surface area contributed by atoms with Crippen LogP contribution in [0.4, 0.5) is 0 Å². The molecule has 1 aliphatic heterocycles. The Morgan fingerprint density at radius 2 is 1.89 bits per heavy atom. The molecule has 138 valence electrons. The van der Waals surface area contributed by atoms with Crippen LogP contribution in [0.2, 0.25) is 0 Å². The zero-order chi connectivity index (χ0) is 18.6. The number of ether oxygens (including phenoxy) is 2. The summed E-state index contributed by atoms with van der Waals surface area (Å²) in [6, 6.07) is 15.2. The molecule has 3 aromatic rings. The molecule has 4 rings (SSSR count). The molecule has 8 nitrogen and oxygen atoms in total. The number of rotatable bonds is 5. The normalized spacial score (nSPS) is 12.6. The number of benzene rings is 2. The number of nitrogens with zero attached hydrogens (tertiary/aromatic N) is 5. The van der Waals surface area contributed by atoms with Crippen molar-refractivity contribution in [1.29, 1.82) is 0 Å². The lowest BCUT2D eigenvalue weighted by Crippen LogP contribution is -2.30. The number of tetrazole rings is 1. The van der Waals surface area contributed by atoms with Crippen LogP contribution in [0.15, 0.2) is 48.5 Å². The molecule has 0 N–H and O–H groups in total. The third-order valence-electron chi connectivity index (χ3n) is 4.21. The van der Waals surface area contributed by atoms with Crippen LogP contribution in [-0.4, -0.2) is 51.3 Å². The average Bonchev–Trinajstić information content (AvgIpc) is 3.17. The predicted molar refractivity (Wildman–Crippen MR) is 97.2 cm³/mol. The minimum atomic E-state index is -0.109. The highest BCUT2D eigenvalue weighted by molar-refractivity contribution is 5.75. The van der Waals surface area contributed by atoms with E-state index in [1.54, 1.807) is 11.9 Å². The summed E-state index contributed by atoms with van der Waals surface area (Å²) in [7, 11) is 1.74. The van der Waals surface area contributed by atoms with E-state index in [-0.39, 0.29) is 12.5 Å². The summed E-state index contributed by atoms with van der Waals surface area (Å²) in [4.78, 5) is 15.4. The molecule has 0 saturated carbocycles. The summed E-state index contributed by atoms with van der Waals surface area (Å²) in [5, 5.41) is 12.3. The second kappa shape index (κ2) is 7.45. The number of carbonyl (C=O) groups is 1. The largest absolute Gasteiger partial charge is 0.486 e. The van der Waals surface area contributed by atoms with Gasteiger partial charge < -0.3 is 14.4 Å². The molecule has 0 spiro atoms. The first-order valence-corrected chi connectivity index (χ1v) is 8.65. The maximum absolute atomic E-state index is 12.5. The van der Waals surface area contributed by atoms with Gasteiger partial charge in [-0.2, -0.15) is 4.80 Å². The Balaban J connectivity index is 1.39. The molecular formula is C19H19N5O3. The minimum absolute atomic E-state index is 0.0287. The first kappa shape index (κ1) is 17.0. The minimum Gasteiger partial charge on any atom is -0.486 e. The molecule has 0 fully saturated rings. The van der Waals surface area contributed by atoms with Crippen LogP contribution in [0, 0.1) is 0 Å². The van der Waals surface area contributed by atoms with Gasteiger partial charge in [0.1, 0.15) is 19.8 Å². The maximum Gasteiger partial charge on any atom is 0.246 e. The molecule has 1 aromatic heterocycles. The van der Waals surface area contributed by atoms with Crippen LogP contribution >= 0.6 is 0 Å². The monoisotopic (exact) mass is 365 g/mol. The van der Waals surface area contributed by atoms with Crippen molar-refractivity contribution in [2.24, 2.45) is 0 Å². The Labute approximate surface area is 156 Å². The van der Waals surface area contributed by atoms with E-state index in [9.17, 15) is 4.79 Å². The highest BCUT2D eigenvalue weighted by atomic mass is 16.6. The topological polar surface area (TPSA) is 82.4 Å². The summed E-state index contributed by atoms with van der Waals surface area (Å²) in [6.07, 6.45) is 0. The third kappa shape index (κ3) is 3.89. The van der Waals surface area contributed by atoms with Crippen molar-refractivity contribution in [1.82, 2.24) is 25.1 Å². The molecule has 0 atom stereocenters. The van der Waals surface area contributed by atoms with E-state index in [0.29, 0.717) is 31.3 Å². The molecule has 1 amide bonds. The number of hydrogen-bond donors (Lipinski definition) is 0. The predicted octanol–water partition coefficient (Wildman–Crippen LogP) is 1.77. The van der Waals surface area contributed by atoms with Crippen molar-refractivity contribution in [2.45, 2.75) is 13.1 Å². The van der Waals surface area contributed by atoms with Gasteiger partial charge in [-0.15, -0.1) is 10.2 Å². The second-order valence-electron chi connectivity index (χ2n) is 6.24. The molecule has 8 heteroatoms. The number of hydrogen-bond acceptors (Lipinski definition) is 6. The first-order valence-electron chi connectivity index (χ1n) is 8.65. The first-order chi connectivity index (χ1) is 13.2. The van der Waals surface area contributed by atoms with Crippen molar-refractivity contribution < 1.29 is 14.3 Å². The number of likely N-dealkylation sites (N-methyl/N-ethyl adjacent to an activating group) is 1. The summed E-state index contributed by atoms with van der Waals surface area (Å²) in [5.41, 5.74) is 1.83. The van der Waals surface area contributed by atoms with Crippen molar-refractivity contribution >= 4 is 5.91 Å². The summed E-state index contributed by atoms with van der Waals surface area (Å²) >= 11 is 0. The molecule has 2 heterocycles. The summed E-state index contributed by atoms with van der Waals surface area (Å²) in [6.45, 7) is 1.57. The van der Waals surface area contributed by atoms with E-state index in [2.05, 4.69) is 15.4 Å². The summed E-state index contributed by atoms with van der Waals surface area (Å²) in [5.74, 6) is 1.84. The molecule has 0 unspecified atom stereocenters. The van der Waals surface area contributed by atoms with Gasteiger partial charge in [0.2, 0.25) is 11.7 Å². The fourth-order valence-electron chi connectivity index (χ4n) is 2.80. The van der Waals surface area contributed by atoms with E-state index >= 15 is 0 Å². The fraction of sp³-hybridized carbons (Fsp3) is 0.263. The Kier molecular flexibility index (Phi) is 4.69. The highest BCUT2D eigenvalue weighted by Gasteiger charge is 2.16. The molecule has 27 heavy (non-hydrogen) atoms. The van der Waals surface area contributed by atoms with Gasteiger partial charge in [0.25, 0.3) is 0 Å². The fourth-order valence-corrected chi connectivity index (χ4v) is 2.80. The number of amides is 1. The van der Waals surface area contributed by atoms with E-state index < -0.39 is 0 Å².